The molecule has 0 unspecified atom stereocenters. The number of nitrogens with one attached hydrogen (secondary N) is 1. The van der Waals surface area contributed by atoms with E-state index in [1.165, 1.54) is 18.4 Å². The number of hydrogen-bond donors (Lipinski definition) is 1. The normalized spacial score (nSPS) is 16.7. The molecule has 1 aliphatic rings. The van der Waals surface area contributed by atoms with Gasteiger partial charge in [0.2, 0.25) is 11.8 Å². The highest BCUT2D eigenvalue weighted by Gasteiger charge is 2.36. The van der Waals surface area contributed by atoms with E-state index in [9.17, 15) is 9.59 Å². The van der Waals surface area contributed by atoms with Crippen LogP contribution in [0.1, 0.15) is 6.42 Å². The van der Waals surface area contributed by atoms with Crippen LogP contribution >= 0.6 is 22.9 Å². The number of halogens is 1. The van der Waals surface area contributed by atoms with Crippen LogP contribution in [0.5, 0.6) is 5.75 Å². The van der Waals surface area contributed by atoms with Crippen LogP contribution in [0.4, 0.5) is 10.8 Å². The fraction of sp³-hybridized carbons (Fsp3) is 0.211. The van der Waals surface area contributed by atoms with E-state index in [4.69, 9.17) is 16.3 Å². The van der Waals surface area contributed by atoms with Gasteiger partial charge in [0, 0.05) is 18.0 Å². The minimum Gasteiger partial charge on any atom is -0.495 e. The number of anilines is 2. The number of amides is 2. The summed E-state index contributed by atoms with van der Waals surface area (Å²) in [6, 6.07) is 12.8. The Hall–Kier alpha value is -2.64. The molecule has 0 bridgehead atoms. The van der Waals surface area contributed by atoms with Gasteiger partial charge in [0.15, 0.2) is 5.13 Å². The number of aromatic nitrogens is 1. The van der Waals surface area contributed by atoms with Gasteiger partial charge in [-0.25, -0.2) is 4.98 Å². The number of thiazole rings is 1. The first-order valence-electron chi connectivity index (χ1n) is 8.35. The quantitative estimate of drug-likeness (QED) is 0.718. The predicted octanol–water partition coefficient (Wildman–Crippen LogP) is 3.95. The van der Waals surface area contributed by atoms with Crippen LogP contribution in [0, 0.1) is 5.92 Å². The molecule has 0 spiro atoms. The number of benzene rings is 2. The molecule has 138 valence electrons. The second-order valence-electron chi connectivity index (χ2n) is 6.20. The van der Waals surface area contributed by atoms with Crippen molar-refractivity contribution >= 4 is 55.8 Å². The average Bonchev–Trinajstić information content (AvgIpc) is 3.24. The molecule has 8 heteroatoms. The number of methoxy groups -OCH3 is 1. The highest BCUT2D eigenvalue weighted by Crippen LogP contribution is 2.35. The summed E-state index contributed by atoms with van der Waals surface area (Å²) in [5.41, 5.74) is 1.41. The molecule has 3 aromatic rings. The number of ether oxygens (including phenoxy) is 1. The Morgan fingerprint density at radius 2 is 2.15 bits per heavy atom. The van der Waals surface area contributed by atoms with Gasteiger partial charge in [0.1, 0.15) is 5.75 Å². The first kappa shape index (κ1) is 17.8. The van der Waals surface area contributed by atoms with Gasteiger partial charge in [0.25, 0.3) is 0 Å². The van der Waals surface area contributed by atoms with Gasteiger partial charge >= 0.3 is 0 Å². The Kier molecular flexibility index (Phi) is 4.72. The minimum absolute atomic E-state index is 0.131. The van der Waals surface area contributed by atoms with Crippen molar-refractivity contribution in [3.8, 4) is 5.75 Å². The van der Waals surface area contributed by atoms with Gasteiger partial charge < -0.3 is 15.0 Å². The van der Waals surface area contributed by atoms with E-state index in [-0.39, 0.29) is 24.8 Å². The minimum atomic E-state index is -0.465. The summed E-state index contributed by atoms with van der Waals surface area (Å²) in [6.45, 7) is 0.270. The molecule has 6 nitrogen and oxygen atoms in total. The molecule has 1 atom stereocenters. The zero-order valence-corrected chi connectivity index (χ0v) is 16.0. The van der Waals surface area contributed by atoms with Crippen LogP contribution in [0.3, 0.4) is 0 Å². The Morgan fingerprint density at radius 3 is 2.93 bits per heavy atom. The summed E-state index contributed by atoms with van der Waals surface area (Å²) in [5.74, 6) is -0.279. The standard InChI is InChI=1S/C19H16ClN3O3S/c1-26-15-7-6-12(20)9-14(15)23-10-11(8-17(23)24)18(25)22-19-21-13-4-2-3-5-16(13)27-19/h2-7,9,11H,8,10H2,1H3,(H,21,22,25)/t11-/m0/s1. The molecular weight excluding hydrogens is 386 g/mol. The lowest BCUT2D eigenvalue weighted by molar-refractivity contribution is -0.122. The monoisotopic (exact) mass is 401 g/mol. The van der Waals surface area contributed by atoms with Gasteiger partial charge in [0.05, 0.1) is 28.9 Å². The molecule has 1 aromatic heterocycles. The van der Waals surface area contributed by atoms with E-state index in [1.807, 2.05) is 24.3 Å². The summed E-state index contributed by atoms with van der Waals surface area (Å²) in [6.07, 6.45) is 0.131. The second-order valence-corrected chi connectivity index (χ2v) is 7.66. The van der Waals surface area contributed by atoms with Crippen molar-refractivity contribution in [3.63, 3.8) is 0 Å². The van der Waals surface area contributed by atoms with Crippen molar-refractivity contribution in [3.05, 3.63) is 47.5 Å². The Morgan fingerprint density at radius 1 is 1.33 bits per heavy atom. The second kappa shape index (κ2) is 7.17. The van der Waals surface area contributed by atoms with Crippen molar-refractivity contribution in [2.24, 2.45) is 5.92 Å². The first-order valence-corrected chi connectivity index (χ1v) is 9.55. The molecule has 1 fully saturated rings. The summed E-state index contributed by atoms with van der Waals surface area (Å²) in [7, 11) is 1.53. The van der Waals surface area contributed by atoms with E-state index in [0.717, 1.165) is 10.2 Å². The largest absolute Gasteiger partial charge is 0.495 e. The summed E-state index contributed by atoms with van der Waals surface area (Å²) >= 11 is 7.48. The van der Waals surface area contributed by atoms with Crippen molar-refractivity contribution in [1.82, 2.24) is 4.98 Å². The number of para-hydroxylation sites is 1. The van der Waals surface area contributed by atoms with Crippen molar-refractivity contribution in [1.29, 1.82) is 0 Å². The molecule has 2 aromatic carbocycles. The van der Waals surface area contributed by atoms with Crippen molar-refractivity contribution < 1.29 is 14.3 Å². The van der Waals surface area contributed by atoms with Crippen LogP contribution in [-0.4, -0.2) is 30.5 Å². The number of nitrogens with zero attached hydrogens (tertiary/aromatic N) is 2. The third-order valence-corrected chi connectivity index (χ3v) is 5.64. The molecule has 0 saturated carbocycles. The molecule has 27 heavy (non-hydrogen) atoms. The summed E-state index contributed by atoms with van der Waals surface area (Å²) in [4.78, 5) is 31.1. The number of hydrogen-bond acceptors (Lipinski definition) is 5. The van der Waals surface area contributed by atoms with E-state index < -0.39 is 5.92 Å². The van der Waals surface area contributed by atoms with Crippen LogP contribution in [0.2, 0.25) is 5.02 Å². The molecule has 0 radical (unpaired) electrons. The van der Waals surface area contributed by atoms with Gasteiger partial charge in [-0.15, -0.1) is 0 Å². The van der Waals surface area contributed by atoms with Crippen molar-refractivity contribution in [2.45, 2.75) is 6.42 Å². The first-order chi connectivity index (χ1) is 13.0. The molecule has 1 saturated heterocycles. The summed E-state index contributed by atoms with van der Waals surface area (Å²) in [5, 5.41) is 3.87. The molecule has 1 aliphatic heterocycles. The zero-order chi connectivity index (χ0) is 19.0. The molecule has 2 amide bonds. The van der Waals surface area contributed by atoms with Gasteiger partial charge in [-0.3, -0.25) is 9.59 Å². The van der Waals surface area contributed by atoms with E-state index in [2.05, 4.69) is 10.3 Å². The van der Waals surface area contributed by atoms with Crippen LogP contribution < -0.4 is 15.0 Å². The SMILES string of the molecule is COc1ccc(Cl)cc1N1C[C@@H](C(=O)Nc2nc3ccccc3s2)CC1=O. The van der Waals surface area contributed by atoms with Gasteiger partial charge in [-0.2, -0.15) is 0 Å². The van der Waals surface area contributed by atoms with Gasteiger partial charge in [-0.1, -0.05) is 35.1 Å². The Balaban J connectivity index is 1.51. The topological polar surface area (TPSA) is 71.5 Å². The average molecular weight is 402 g/mol. The lowest BCUT2D eigenvalue weighted by atomic mass is 10.1. The van der Waals surface area contributed by atoms with E-state index in [0.29, 0.717) is 21.6 Å². The smallest absolute Gasteiger partial charge is 0.231 e. The number of rotatable bonds is 4. The van der Waals surface area contributed by atoms with E-state index >= 15 is 0 Å². The zero-order valence-electron chi connectivity index (χ0n) is 14.4. The number of carbonyl (C=O) groups is 2. The lowest BCUT2D eigenvalue weighted by Gasteiger charge is -2.19. The third-order valence-electron chi connectivity index (χ3n) is 4.45. The Labute approximate surface area is 164 Å². The maximum atomic E-state index is 12.7. The highest BCUT2D eigenvalue weighted by atomic mass is 35.5. The molecular formula is C19H16ClN3O3S. The van der Waals surface area contributed by atoms with Crippen LogP contribution in [0.15, 0.2) is 42.5 Å². The molecule has 1 N–H and O–H groups in total. The molecule has 0 aliphatic carbocycles. The highest BCUT2D eigenvalue weighted by molar-refractivity contribution is 7.22. The van der Waals surface area contributed by atoms with Crippen molar-refractivity contribution in [2.75, 3.05) is 23.9 Å². The van der Waals surface area contributed by atoms with Crippen LogP contribution in [0.25, 0.3) is 10.2 Å². The Bertz CT molecular complexity index is 1000. The lowest BCUT2D eigenvalue weighted by Crippen LogP contribution is -2.28. The van der Waals surface area contributed by atoms with Crippen LogP contribution in [-0.2, 0) is 9.59 Å². The number of fused-ring (bicyclic) bond motifs is 1. The fourth-order valence-corrected chi connectivity index (χ4v) is 4.16. The predicted molar refractivity (Wildman–Crippen MR) is 107 cm³/mol. The van der Waals surface area contributed by atoms with Gasteiger partial charge in [-0.05, 0) is 30.3 Å². The fourth-order valence-electron chi connectivity index (χ4n) is 3.12. The molecule has 4 rings (SSSR count). The maximum absolute atomic E-state index is 12.7. The maximum Gasteiger partial charge on any atom is 0.231 e. The molecule has 2 heterocycles. The summed E-state index contributed by atoms with van der Waals surface area (Å²) < 4.78 is 6.33. The van der Waals surface area contributed by atoms with E-state index in [1.54, 1.807) is 23.1 Å². The third kappa shape index (κ3) is 3.48. The number of carbonyl (C=O) groups excluding carboxylic acids is 2.